The summed E-state index contributed by atoms with van der Waals surface area (Å²) in [7, 11) is 0. The second-order valence-electron chi connectivity index (χ2n) is 7.91. The topological polar surface area (TPSA) is 47.6 Å². The molecule has 1 aliphatic heterocycles. The van der Waals surface area contributed by atoms with Crippen LogP contribution in [0.2, 0.25) is 0 Å². The second kappa shape index (κ2) is 8.76. The van der Waals surface area contributed by atoms with Gasteiger partial charge >= 0.3 is 6.03 Å². The van der Waals surface area contributed by atoms with Crippen LogP contribution in [0.3, 0.4) is 0 Å². The molecular formula is C21H34N4O. The summed E-state index contributed by atoms with van der Waals surface area (Å²) in [6.07, 6.45) is 3.56. The maximum Gasteiger partial charge on any atom is 0.319 e. The van der Waals surface area contributed by atoms with Gasteiger partial charge in [-0.2, -0.15) is 0 Å². The monoisotopic (exact) mass is 358 g/mol. The zero-order chi connectivity index (χ0) is 18.5. The predicted octanol–water partition coefficient (Wildman–Crippen LogP) is 3.77. The average Bonchev–Trinajstić information content (AvgIpc) is 2.66. The number of amides is 2. The van der Waals surface area contributed by atoms with Gasteiger partial charge in [0.15, 0.2) is 0 Å². The summed E-state index contributed by atoms with van der Waals surface area (Å²) < 4.78 is 0. The van der Waals surface area contributed by atoms with E-state index in [1.807, 2.05) is 12.1 Å². The van der Waals surface area contributed by atoms with E-state index in [0.717, 1.165) is 50.5 Å². The molecule has 2 N–H and O–H groups in total. The standard InChI is InChI=1S/C21H34N4O/c1-4-24-12-14-25(15-13-24)20-11-6-5-9-19(20)23-21(26)22-18-10-7-8-16(2)17(18)3/h5-6,9,11,16-18H,4,7-8,10,12-15H2,1-3H3,(H2,22,23,26)/t16-,17-,18-/m1/s1. The third kappa shape index (κ3) is 4.50. The number of anilines is 2. The van der Waals surface area contributed by atoms with Crippen LogP contribution in [0.15, 0.2) is 24.3 Å². The molecule has 0 radical (unpaired) electrons. The summed E-state index contributed by atoms with van der Waals surface area (Å²) in [6, 6.07) is 8.37. The molecule has 2 aliphatic rings. The lowest BCUT2D eigenvalue weighted by Gasteiger charge is -2.37. The molecule has 1 aromatic rings. The van der Waals surface area contributed by atoms with Crippen molar-refractivity contribution in [3.8, 4) is 0 Å². The van der Waals surface area contributed by atoms with Crippen LogP contribution in [0.25, 0.3) is 0 Å². The van der Waals surface area contributed by atoms with Gasteiger partial charge < -0.3 is 20.4 Å². The highest BCUT2D eigenvalue weighted by Crippen LogP contribution is 2.30. The van der Waals surface area contributed by atoms with E-state index in [1.165, 1.54) is 12.8 Å². The lowest BCUT2D eigenvalue weighted by molar-refractivity contribution is 0.201. The second-order valence-corrected chi connectivity index (χ2v) is 7.91. The Kier molecular flexibility index (Phi) is 6.41. The number of likely N-dealkylation sites (N-methyl/N-ethyl adjacent to an activating group) is 1. The van der Waals surface area contributed by atoms with Crippen molar-refractivity contribution < 1.29 is 4.79 Å². The first-order valence-corrected chi connectivity index (χ1v) is 10.2. The van der Waals surface area contributed by atoms with Crippen LogP contribution in [0.5, 0.6) is 0 Å². The molecule has 3 rings (SSSR count). The highest BCUT2D eigenvalue weighted by atomic mass is 16.2. The summed E-state index contributed by atoms with van der Waals surface area (Å²) in [5.74, 6) is 1.21. The lowest BCUT2D eigenvalue weighted by Crippen LogP contribution is -2.47. The minimum Gasteiger partial charge on any atom is -0.367 e. The van der Waals surface area contributed by atoms with Crippen LogP contribution >= 0.6 is 0 Å². The van der Waals surface area contributed by atoms with Gasteiger partial charge in [-0.25, -0.2) is 4.79 Å². The Bertz CT molecular complexity index is 597. The van der Waals surface area contributed by atoms with Crippen LogP contribution in [0.1, 0.15) is 40.0 Å². The van der Waals surface area contributed by atoms with Crippen molar-refractivity contribution >= 4 is 17.4 Å². The number of hydrogen-bond donors (Lipinski definition) is 2. The number of benzene rings is 1. The summed E-state index contributed by atoms with van der Waals surface area (Å²) in [5.41, 5.74) is 2.04. The Balaban J connectivity index is 1.62. The van der Waals surface area contributed by atoms with Gasteiger partial charge in [-0.05, 0) is 36.9 Å². The molecule has 5 nitrogen and oxygen atoms in total. The first kappa shape index (κ1) is 19.0. The number of carbonyl (C=O) groups excluding carboxylic acids is 1. The van der Waals surface area contributed by atoms with Gasteiger partial charge in [-0.3, -0.25) is 0 Å². The molecular weight excluding hydrogens is 324 g/mol. The molecule has 1 saturated heterocycles. The zero-order valence-corrected chi connectivity index (χ0v) is 16.5. The van der Waals surface area contributed by atoms with Gasteiger partial charge in [0.1, 0.15) is 0 Å². The molecule has 2 amide bonds. The summed E-state index contributed by atoms with van der Waals surface area (Å²) >= 11 is 0. The quantitative estimate of drug-likeness (QED) is 0.861. The molecule has 0 aromatic heterocycles. The van der Waals surface area contributed by atoms with Crippen LogP contribution in [-0.4, -0.2) is 49.7 Å². The molecule has 5 heteroatoms. The number of carbonyl (C=O) groups is 1. The number of urea groups is 1. The summed E-state index contributed by atoms with van der Waals surface area (Å²) in [5, 5.41) is 6.33. The van der Waals surface area contributed by atoms with Crippen LogP contribution in [0.4, 0.5) is 16.2 Å². The van der Waals surface area contributed by atoms with E-state index in [4.69, 9.17) is 0 Å². The first-order chi connectivity index (χ1) is 12.6. The highest BCUT2D eigenvalue weighted by Gasteiger charge is 2.28. The molecule has 1 aromatic carbocycles. The number of piperazine rings is 1. The van der Waals surface area contributed by atoms with Gasteiger partial charge in [0.2, 0.25) is 0 Å². The van der Waals surface area contributed by atoms with Crippen molar-refractivity contribution in [2.75, 3.05) is 42.9 Å². The van der Waals surface area contributed by atoms with Crippen molar-refractivity contribution in [2.45, 2.75) is 46.1 Å². The maximum absolute atomic E-state index is 12.6. The number of hydrogen-bond acceptors (Lipinski definition) is 3. The molecule has 144 valence electrons. The van der Waals surface area contributed by atoms with E-state index < -0.39 is 0 Å². The van der Waals surface area contributed by atoms with Crippen molar-refractivity contribution in [3.05, 3.63) is 24.3 Å². The molecule has 1 heterocycles. The predicted molar refractivity (Wildman–Crippen MR) is 109 cm³/mol. The fourth-order valence-corrected chi connectivity index (χ4v) is 4.27. The first-order valence-electron chi connectivity index (χ1n) is 10.2. The van der Waals surface area contributed by atoms with Crippen LogP contribution < -0.4 is 15.5 Å². The van der Waals surface area contributed by atoms with Gasteiger partial charge in [0.05, 0.1) is 11.4 Å². The molecule has 26 heavy (non-hydrogen) atoms. The molecule has 1 aliphatic carbocycles. The highest BCUT2D eigenvalue weighted by molar-refractivity contribution is 5.93. The minimum atomic E-state index is -0.0735. The van der Waals surface area contributed by atoms with E-state index in [-0.39, 0.29) is 12.1 Å². The van der Waals surface area contributed by atoms with E-state index in [9.17, 15) is 4.79 Å². The Labute approximate surface area is 158 Å². The Hall–Kier alpha value is -1.75. The fraction of sp³-hybridized carbons (Fsp3) is 0.667. The van der Waals surface area contributed by atoms with Crippen molar-refractivity contribution in [1.29, 1.82) is 0 Å². The number of nitrogens with one attached hydrogen (secondary N) is 2. The smallest absolute Gasteiger partial charge is 0.319 e. The fourth-order valence-electron chi connectivity index (χ4n) is 4.27. The minimum absolute atomic E-state index is 0.0735. The average molecular weight is 359 g/mol. The van der Waals surface area contributed by atoms with E-state index in [2.05, 4.69) is 53.3 Å². The molecule has 0 unspecified atom stereocenters. The Morgan fingerprint density at radius 1 is 1.12 bits per heavy atom. The van der Waals surface area contributed by atoms with Gasteiger partial charge in [0.25, 0.3) is 0 Å². The number of para-hydroxylation sites is 2. The SMILES string of the molecule is CCN1CCN(c2ccccc2NC(=O)N[C@@H]2CCC[C@@H](C)[C@H]2C)CC1. The normalized spacial score (nSPS) is 27.2. The third-order valence-electron chi connectivity index (χ3n) is 6.34. The number of nitrogens with zero attached hydrogens (tertiary/aromatic N) is 2. The van der Waals surface area contributed by atoms with E-state index in [0.29, 0.717) is 11.8 Å². The maximum atomic E-state index is 12.6. The van der Waals surface area contributed by atoms with Gasteiger partial charge in [-0.15, -0.1) is 0 Å². The third-order valence-corrected chi connectivity index (χ3v) is 6.34. The molecule has 3 atom stereocenters. The molecule has 1 saturated carbocycles. The summed E-state index contributed by atoms with van der Waals surface area (Å²) in [4.78, 5) is 17.5. The Morgan fingerprint density at radius 3 is 2.58 bits per heavy atom. The van der Waals surface area contributed by atoms with Crippen LogP contribution in [-0.2, 0) is 0 Å². The number of rotatable bonds is 4. The van der Waals surface area contributed by atoms with Crippen LogP contribution in [0, 0.1) is 11.8 Å². The van der Waals surface area contributed by atoms with Crippen molar-refractivity contribution in [1.82, 2.24) is 10.2 Å². The molecule has 0 bridgehead atoms. The van der Waals surface area contributed by atoms with Gasteiger partial charge in [-0.1, -0.05) is 45.7 Å². The van der Waals surface area contributed by atoms with E-state index in [1.54, 1.807) is 0 Å². The summed E-state index contributed by atoms with van der Waals surface area (Å²) in [6.45, 7) is 12.0. The van der Waals surface area contributed by atoms with Gasteiger partial charge in [0, 0.05) is 32.2 Å². The molecule has 2 fully saturated rings. The van der Waals surface area contributed by atoms with E-state index >= 15 is 0 Å². The van der Waals surface area contributed by atoms with Crippen molar-refractivity contribution in [2.24, 2.45) is 11.8 Å². The Morgan fingerprint density at radius 2 is 1.85 bits per heavy atom. The molecule has 0 spiro atoms. The lowest BCUT2D eigenvalue weighted by atomic mass is 9.78. The zero-order valence-electron chi connectivity index (χ0n) is 16.5. The largest absolute Gasteiger partial charge is 0.367 e. The van der Waals surface area contributed by atoms with Crippen molar-refractivity contribution in [3.63, 3.8) is 0 Å².